The fourth-order valence-electron chi connectivity index (χ4n) is 1.68. The number of carbonyl (C=O) groups is 1. The summed E-state index contributed by atoms with van der Waals surface area (Å²) in [5, 5.41) is 11.8. The van der Waals surface area contributed by atoms with Crippen LogP contribution in [-0.4, -0.2) is 12.5 Å². The molecule has 2 aromatic carbocycles. The minimum absolute atomic E-state index is 0.0649. The highest BCUT2D eigenvalue weighted by atomic mass is 19.1. The zero-order valence-corrected chi connectivity index (χ0v) is 8.90. The van der Waals surface area contributed by atoms with E-state index < -0.39 is 0 Å². The van der Waals surface area contributed by atoms with Crippen LogP contribution in [0.5, 0.6) is 0 Å². The molecule has 0 saturated carbocycles. The first kappa shape index (κ1) is 11.1. The third-order valence-electron chi connectivity index (χ3n) is 2.44. The smallest absolute Gasteiger partial charge is 0.252 e. The number of benzene rings is 2. The van der Waals surface area contributed by atoms with Crippen molar-refractivity contribution < 1.29 is 9.18 Å². The molecule has 17 heavy (non-hydrogen) atoms. The summed E-state index contributed by atoms with van der Waals surface area (Å²) in [6.07, 6.45) is 0. The van der Waals surface area contributed by atoms with Crippen LogP contribution in [-0.2, 0) is 0 Å². The molecular formula is C13H9FN2O. The molecule has 0 aliphatic carbocycles. The summed E-state index contributed by atoms with van der Waals surface area (Å²) in [6.45, 7) is -0.0649. The van der Waals surface area contributed by atoms with Gasteiger partial charge in [-0.25, -0.2) is 4.39 Å². The average molecular weight is 228 g/mol. The van der Waals surface area contributed by atoms with Gasteiger partial charge in [0.15, 0.2) is 0 Å². The minimum atomic E-state index is -0.372. The molecule has 0 atom stereocenters. The van der Waals surface area contributed by atoms with Crippen molar-refractivity contribution >= 4 is 16.7 Å². The SMILES string of the molecule is N#CCNC(=O)c1ccc(F)c2ccccc12. The van der Waals surface area contributed by atoms with Crippen LogP contribution < -0.4 is 5.32 Å². The van der Waals surface area contributed by atoms with E-state index in [1.54, 1.807) is 24.3 Å². The van der Waals surface area contributed by atoms with Crippen molar-refractivity contribution in [2.24, 2.45) is 0 Å². The Hall–Kier alpha value is -2.41. The maximum absolute atomic E-state index is 13.5. The van der Waals surface area contributed by atoms with Gasteiger partial charge in [0.1, 0.15) is 12.4 Å². The highest BCUT2D eigenvalue weighted by Gasteiger charge is 2.11. The number of amides is 1. The number of nitrogens with zero attached hydrogens (tertiary/aromatic N) is 1. The number of nitrogens with one attached hydrogen (secondary N) is 1. The Balaban J connectivity index is 2.52. The average Bonchev–Trinajstić information content (AvgIpc) is 2.37. The van der Waals surface area contributed by atoms with E-state index in [4.69, 9.17) is 5.26 Å². The molecule has 1 N–H and O–H groups in total. The van der Waals surface area contributed by atoms with E-state index in [0.29, 0.717) is 16.3 Å². The summed E-state index contributed by atoms with van der Waals surface area (Å²) in [5.41, 5.74) is 0.372. The summed E-state index contributed by atoms with van der Waals surface area (Å²) < 4.78 is 13.5. The quantitative estimate of drug-likeness (QED) is 0.801. The van der Waals surface area contributed by atoms with Gasteiger partial charge < -0.3 is 5.32 Å². The molecule has 0 aromatic heterocycles. The van der Waals surface area contributed by atoms with Crippen molar-refractivity contribution in [3.8, 4) is 6.07 Å². The van der Waals surface area contributed by atoms with Crippen LogP contribution in [0, 0.1) is 17.1 Å². The summed E-state index contributed by atoms with van der Waals surface area (Å²) >= 11 is 0. The molecule has 0 saturated heterocycles. The first-order valence-corrected chi connectivity index (χ1v) is 5.06. The highest BCUT2D eigenvalue weighted by molar-refractivity contribution is 6.07. The third kappa shape index (κ3) is 2.08. The van der Waals surface area contributed by atoms with Crippen LogP contribution in [0.2, 0.25) is 0 Å². The van der Waals surface area contributed by atoms with Crippen molar-refractivity contribution in [3.05, 3.63) is 47.8 Å². The summed E-state index contributed by atoms with van der Waals surface area (Å²) in [4.78, 5) is 11.7. The van der Waals surface area contributed by atoms with Gasteiger partial charge in [0.05, 0.1) is 6.07 Å². The predicted molar refractivity (Wildman–Crippen MR) is 61.9 cm³/mol. The van der Waals surface area contributed by atoms with Gasteiger partial charge in [0.2, 0.25) is 0 Å². The molecule has 0 aliphatic heterocycles. The molecule has 0 unspecified atom stereocenters. The highest BCUT2D eigenvalue weighted by Crippen LogP contribution is 2.21. The molecule has 84 valence electrons. The Labute approximate surface area is 97.5 Å². The van der Waals surface area contributed by atoms with Gasteiger partial charge in [-0.15, -0.1) is 0 Å². The molecule has 2 rings (SSSR count). The lowest BCUT2D eigenvalue weighted by atomic mass is 10.0. The number of halogens is 1. The number of hydrogen-bond acceptors (Lipinski definition) is 2. The number of carbonyl (C=O) groups excluding carboxylic acids is 1. The van der Waals surface area contributed by atoms with Crippen LogP contribution in [0.15, 0.2) is 36.4 Å². The van der Waals surface area contributed by atoms with E-state index in [1.165, 1.54) is 12.1 Å². The molecule has 3 nitrogen and oxygen atoms in total. The van der Waals surface area contributed by atoms with Crippen molar-refractivity contribution in [2.75, 3.05) is 6.54 Å². The number of rotatable bonds is 2. The third-order valence-corrected chi connectivity index (χ3v) is 2.44. The van der Waals surface area contributed by atoms with E-state index in [-0.39, 0.29) is 18.3 Å². The number of hydrogen-bond donors (Lipinski definition) is 1. The maximum atomic E-state index is 13.5. The monoisotopic (exact) mass is 228 g/mol. The fourth-order valence-corrected chi connectivity index (χ4v) is 1.68. The number of nitriles is 1. The van der Waals surface area contributed by atoms with Crippen LogP contribution in [0.3, 0.4) is 0 Å². The van der Waals surface area contributed by atoms with E-state index in [9.17, 15) is 9.18 Å². The van der Waals surface area contributed by atoms with E-state index in [1.807, 2.05) is 6.07 Å². The Morgan fingerprint density at radius 2 is 1.94 bits per heavy atom. The van der Waals surface area contributed by atoms with Crippen LogP contribution >= 0.6 is 0 Å². The summed E-state index contributed by atoms with van der Waals surface area (Å²) in [7, 11) is 0. The van der Waals surface area contributed by atoms with Crippen LogP contribution in [0.4, 0.5) is 4.39 Å². The molecule has 0 radical (unpaired) electrons. The molecule has 0 bridgehead atoms. The molecule has 0 heterocycles. The molecule has 0 aliphatic rings. The lowest BCUT2D eigenvalue weighted by molar-refractivity contribution is 0.0960. The van der Waals surface area contributed by atoms with Crippen LogP contribution in [0.1, 0.15) is 10.4 Å². The first-order valence-electron chi connectivity index (χ1n) is 5.06. The standard InChI is InChI=1S/C13H9FN2O/c14-12-6-5-11(13(17)16-8-7-15)9-3-1-2-4-10(9)12/h1-6H,8H2,(H,16,17). The van der Waals surface area contributed by atoms with Crippen molar-refractivity contribution in [1.29, 1.82) is 5.26 Å². The van der Waals surface area contributed by atoms with Crippen molar-refractivity contribution in [2.45, 2.75) is 0 Å². The lowest BCUT2D eigenvalue weighted by Gasteiger charge is -2.06. The zero-order chi connectivity index (χ0) is 12.3. The molecular weight excluding hydrogens is 219 g/mol. The normalized spacial score (nSPS) is 9.88. The van der Waals surface area contributed by atoms with Crippen molar-refractivity contribution in [3.63, 3.8) is 0 Å². The largest absolute Gasteiger partial charge is 0.339 e. The zero-order valence-electron chi connectivity index (χ0n) is 8.90. The minimum Gasteiger partial charge on any atom is -0.339 e. The van der Waals surface area contributed by atoms with E-state index in [2.05, 4.69) is 5.32 Å². The van der Waals surface area contributed by atoms with Gasteiger partial charge in [0.25, 0.3) is 5.91 Å². The molecule has 1 amide bonds. The van der Waals surface area contributed by atoms with Gasteiger partial charge in [-0.1, -0.05) is 24.3 Å². The first-order chi connectivity index (χ1) is 8.24. The van der Waals surface area contributed by atoms with Gasteiger partial charge in [0, 0.05) is 10.9 Å². The summed E-state index contributed by atoms with van der Waals surface area (Å²) in [6, 6.07) is 11.2. The van der Waals surface area contributed by atoms with Crippen LogP contribution in [0.25, 0.3) is 10.8 Å². The number of fused-ring (bicyclic) bond motifs is 1. The molecule has 4 heteroatoms. The summed E-state index contributed by atoms with van der Waals surface area (Å²) in [5.74, 6) is -0.736. The Morgan fingerprint density at radius 3 is 2.65 bits per heavy atom. The van der Waals surface area contributed by atoms with Crippen molar-refractivity contribution in [1.82, 2.24) is 5.32 Å². The second-order valence-electron chi connectivity index (χ2n) is 3.48. The lowest BCUT2D eigenvalue weighted by Crippen LogP contribution is -2.23. The Bertz CT molecular complexity index is 616. The Kier molecular flexibility index (Phi) is 3.01. The van der Waals surface area contributed by atoms with Gasteiger partial charge in [-0.05, 0) is 17.5 Å². The predicted octanol–water partition coefficient (Wildman–Crippen LogP) is 2.23. The van der Waals surface area contributed by atoms with E-state index in [0.717, 1.165) is 0 Å². The molecule has 2 aromatic rings. The topological polar surface area (TPSA) is 52.9 Å². The van der Waals surface area contributed by atoms with Gasteiger partial charge >= 0.3 is 0 Å². The second kappa shape index (κ2) is 4.62. The van der Waals surface area contributed by atoms with Gasteiger partial charge in [-0.3, -0.25) is 4.79 Å². The maximum Gasteiger partial charge on any atom is 0.252 e. The second-order valence-corrected chi connectivity index (χ2v) is 3.48. The van der Waals surface area contributed by atoms with E-state index >= 15 is 0 Å². The Morgan fingerprint density at radius 1 is 1.24 bits per heavy atom. The molecule has 0 spiro atoms. The fraction of sp³-hybridized carbons (Fsp3) is 0.0769. The molecule has 0 fully saturated rings. The van der Waals surface area contributed by atoms with Gasteiger partial charge in [-0.2, -0.15) is 5.26 Å².